The summed E-state index contributed by atoms with van der Waals surface area (Å²) in [6.07, 6.45) is 7.03. The standard InChI is InChI=1S/C12H17N5O/c1-2-5-9-15-11(13)10-12(16-9)17(8-14-10)6-3-4-7-18/h2,5,8,18H,3-4,6-7H2,1H3,(H2,13,15,16)/b5-2-. The van der Waals surface area contributed by atoms with Gasteiger partial charge in [0.2, 0.25) is 0 Å². The Morgan fingerprint density at radius 1 is 1.39 bits per heavy atom. The minimum Gasteiger partial charge on any atom is -0.396 e. The molecule has 0 fully saturated rings. The number of allylic oxidation sites excluding steroid dienone is 1. The van der Waals surface area contributed by atoms with E-state index in [1.165, 1.54) is 0 Å². The number of aromatic nitrogens is 4. The van der Waals surface area contributed by atoms with Crippen LogP contribution < -0.4 is 5.73 Å². The zero-order valence-electron chi connectivity index (χ0n) is 10.4. The molecule has 0 unspecified atom stereocenters. The van der Waals surface area contributed by atoms with Gasteiger partial charge in [0.1, 0.15) is 5.52 Å². The van der Waals surface area contributed by atoms with Crippen molar-refractivity contribution < 1.29 is 5.11 Å². The van der Waals surface area contributed by atoms with Crippen LogP contribution in [-0.2, 0) is 6.54 Å². The first-order valence-electron chi connectivity index (χ1n) is 5.98. The molecular formula is C12H17N5O. The number of aliphatic hydroxyl groups excluding tert-OH is 1. The van der Waals surface area contributed by atoms with Crippen molar-refractivity contribution in [2.45, 2.75) is 26.3 Å². The molecule has 2 heterocycles. The summed E-state index contributed by atoms with van der Waals surface area (Å²) >= 11 is 0. The van der Waals surface area contributed by atoms with E-state index < -0.39 is 0 Å². The van der Waals surface area contributed by atoms with Gasteiger partial charge in [0.15, 0.2) is 17.3 Å². The van der Waals surface area contributed by atoms with Gasteiger partial charge in [0, 0.05) is 13.2 Å². The SMILES string of the molecule is C/C=C\c1nc(N)c2ncn(CCCCO)c2n1. The number of aliphatic hydroxyl groups is 1. The molecule has 96 valence electrons. The Balaban J connectivity index is 2.36. The largest absolute Gasteiger partial charge is 0.396 e. The number of unbranched alkanes of at least 4 members (excludes halogenated alkanes) is 1. The van der Waals surface area contributed by atoms with Gasteiger partial charge in [0.05, 0.1) is 6.33 Å². The molecule has 0 saturated heterocycles. The van der Waals surface area contributed by atoms with E-state index in [0.717, 1.165) is 25.0 Å². The number of hydrogen-bond donors (Lipinski definition) is 2. The van der Waals surface area contributed by atoms with E-state index in [0.29, 0.717) is 17.2 Å². The Labute approximate surface area is 105 Å². The van der Waals surface area contributed by atoms with Gasteiger partial charge >= 0.3 is 0 Å². The second-order valence-corrected chi connectivity index (χ2v) is 4.01. The molecule has 0 aliphatic carbocycles. The molecule has 2 aromatic heterocycles. The van der Waals surface area contributed by atoms with Gasteiger partial charge in [-0.3, -0.25) is 0 Å². The van der Waals surface area contributed by atoms with Crippen molar-refractivity contribution in [2.75, 3.05) is 12.3 Å². The number of aryl methyl sites for hydroxylation is 1. The van der Waals surface area contributed by atoms with Crippen LogP contribution in [-0.4, -0.2) is 31.2 Å². The quantitative estimate of drug-likeness (QED) is 0.775. The fourth-order valence-corrected chi connectivity index (χ4v) is 1.76. The molecule has 2 rings (SSSR count). The van der Waals surface area contributed by atoms with Gasteiger partial charge in [0.25, 0.3) is 0 Å². The molecule has 0 amide bonds. The Bertz CT molecular complexity index is 561. The van der Waals surface area contributed by atoms with Crippen LogP contribution >= 0.6 is 0 Å². The number of hydrogen-bond acceptors (Lipinski definition) is 5. The second kappa shape index (κ2) is 5.59. The molecule has 18 heavy (non-hydrogen) atoms. The lowest BCUT2D eigenvalue weighted by Crippen LogP contribution is -2.02. The highest BCUT2D eigenvalue weighted by molar-refractivity contribution is 5.82. The van der Waals surface area contributed by atoms with Crippen molar-refractivity contribution >= 4 is 23.1 Å². The summed E-state index contributed by atoms with van der Waals surface area (Å²) in [7, 11) is 0. The third-order valence-corrected chi connectivity index (χ3v) is 2.63. The molecular weight excluding hydrogens is 230 g/mol. The highest BCUT2D eigenvalue weighted by Crippen LogP contribution is 2.17. The summed E-state index contributed by atoms with van der Waals surface area (Å²) in [6, 6.07) is 0. The van der Waals surface area contributed by atoms with E-state index >= 15 is 0 Å². The molecule has 0 aromatic carbocycles. The summed E-state index contributed by atoms with van der Waals surface area (Å²) in [4.78, 5) is 12.8. The van der Waals surface area contributed by atoms with Crippen molar-refractivity contribution in [3.8, 4) is 0 Å². The minimum absolute atomic E-state index is 0.202. The van der Waals surface area contributed by atoms with Crippen LogP contribution in [0.1, 0.15) is 25.6 Å². The van der Waals surface area contributed by atoms with Crippen molar-refractivity contribution in [1.82, 2.24) is 19.5 Å². The maximum atomic E-state index is 8.79. The van der Waals surface area contributed by atoms with Crippen LogP contribution in [0.4, 0.5) is 5.82 Å². The number of fused-ring (bicyclic) bond motifs is 1. The lowest BCUT2D eigenvalue weighted by Gasteiger charge is -2.03. The highest BCUT2D eigenvalue weighted by atomic mass is 16.2. The van der Waals surface area contributed by atoms with E-state index in [1.54, 1.807) is 12.4 Å². The molecule has 3 N–H and O–H groups in total. The van der Waals surface area contributed by atoms with Crippen LogP contribution in [0.2, 0.25) is 0 Å². The van der Waals surface area contributed by atoms with Gasteiger partial charge in [-0.25, -0.2) is 15.0 Å². The molecule has 2 aromatic rings. The van der Waals surface area contributed by atoms with Crippen molar-refractivity contribution in [2.24, 2.45) is 0 Å². The van der Waals surface area contributed by atoms with Crippen molar-refractivity contribution in [1.29, 1.82) is 0 Å². The maximum absolute atomic E-state index is 8.79. The highest BCUT2D eigenvalue weighted by Gasteiger charge is 2.09. The third kappa shape index (κ3) is 2.48. The molecule has 0 bridgehead atoms. The average Bonchev–Trinajstić information content (AvgIpc) is 2.74. The Morgan fingerprint density at radius 2 is 2.22 bits per heavy atom. The molecule has 6 heteroatoms. The van der Waals surface area contributed by atoms with Crippen LogP contribution in [0, 0.1) is 0 Å². The maximum Gasteiger partial charge on any atom is 0.166 e. The second-order valence-electron chi connectivity index (χ2n) is 4.01. The third-order valence-electron chi connectivity index (χ3n) is 2.63. The summed E-state index contributed by atoms with van der Waals surface area (Å²) in [6.45, 7) is 2.87. The van der Waals surface area contributed by atoms with Gasteiger partial charge in [-0.05, 0) is 25.8 Å². The average molecular weight is 247 g/mol. The van der Waals surface area contributed by atoms with E-state index in [9.17, 15) is 0 Å². The van der Waals surface area contributed by atoms with E-state index in [4.69, 9.17) is 10.8 Å². The topological polar surface area (TPSA) is 89.8 Å². The number of nitrogens with two attached hydrogens (primary N) is 1. The molecule has 0 radical (unpaired) electrons. The van der Waals surface area contributed by atoms with E-state index in [2.05, 4.69) is 15.0 Å². The van der Waals surface area contributed by atoms with Gasteiger partial charge in [-0.1, -0.05) is 6.08 Å². The number of imidazole rings is 1. The minimum atomic E-state index is 0.202. The number of nitrogen functional groups attached to an aromatic ring is 1. The molecule has 0 aliphatic rings. The van der Waals surface area contributed by atoms with E-state index in [-0.39, 0.29) is 6.61 Å². The number of rotatable bonds is 5. The lowest BCUT2D eigenvalue weighted by molar-refractivity contribution is 0.281. The summed E-state index contributed by atoms with van der Waals surface area (Å²) in [5.74, 6) is 0.986. The first-order valence-corrected chi connectivity index (χ1v) is 5.98. The molecule has 0 spiro atoms. The van der Waals surface area contributed by atoms with Crippen molar-refractivity contribution in [3.63, 3.8) is 0 Å². The smallest absolute Gasteiger partial charge is 0.166 e. The molecule has 0 saturated carbocycles. The van der Waals surface area contributed by atoms with Crippen LogP contribution in [0.5, 0.6) is 0 Å². The fourth-order valence-electron chi connectivity index (χ4n) is 1.76. The monoisotopic (exact) mass is 247 g/mol. The predicted molar refractivity (Wildman–Crippen MR) is 70.8 cm³/mol. The number of anilines is 1. The summed E-state index contributed by atoms with van der Waals surface area (Å²) in [5, 5.41) is 8.79. The van der Waals surface area contributed by atoms with Gasteiger partial charge in [-0.15, -0.1) is 0 Å². The van der Waals surface area contributed by atoms with Crippen LogP contribution in [0.3, 0.4) is 0 Å². The van der Waals surface area contributed by atoms with Crippen molar-refractivity contribution in [3.05, 3.63) is 18.2 Å². The Morgan fingerprint density at radius 3 is 2.94 bits per heavy atom. The van der Waals surface area contributed by atoms with Gasteiger partial charge in [-0.2, -0.15) is 0 Å². The zero-order chi connectivity index (χ0) is 13.0. The molecule has 6 nitrogen and oxygen atoms in total. The first-order chi connectivity index (χ1) is 8.76. The Kier molecular flexibility index (Phi) is 3.88. The first kappa shape index (κ1) is 12.5. The number of nitrogens with zero attached hydrogens (tertiary/aromatic N) is 4. The van der Waals surface area contributed by atoms with Crippen LogP contribution in [0.15, 0.2) is 12.4 Å². The fraction of sp³-hybridized carbons (Fsp3) is 0.417. The van der Waals surface area contributed by atoms with Crippen LogP contribution in [0.25, 0.3) is 17.2 Å². The lowest BCUT2D eigenvalue weighted by atomic mass is 10.3. The molecule has 0 atom stereocenters. The van der Waals surface area contributed by atoms with Gasteiger partial charge < -0.3 is 15.4 Å². The normalized spacial score (nSPS) is 11.7. The summed E-state index contributed by atoms with van der Waals surface area (Å²) < 4.78 is 1.94. The zero-order valence-corrected chi connectivity index (χ0v) is 10.4. The van der Waals surface area contributed by atoms with E-state index in [1.807, 2.05) is 17.6 Å². The summed E-state index contributed by atoms with van der Waals surface area (Å²) in [5.41, 5.74) is 7.23. The Hall–Kier alpha value is -1.95. The molecule has 0 aliphatic heterocycles. The predicted octanol–water partition coefficient (Wildman–Crippen LogP) is 1.21.